The SMILES string of the molecule is CC(C)(C)OCC(N)C1CCCc2cccnc21. The van der Waals surface area contributed by atoms with E-state index >= 15 is 0 Å². The van der Waals surface area contributed by atoms with Gasteiger partial charge in [0.25, 0.3) is 0 Å². The zero-order valence-electron chi connectivity index (χ0n) is 11.6. The molecule has 2 atom stereocenters. The highest BCUT2D eigenvalue weighted by Crippen LogP contribution is 2.32. The van der Waals surface area contributed by atoms with Crippen molar-refractivity contribution in [2.45, 2.75) is 57.6 Å². The quantitative estimate of drug-likeness (QED) is 0.894. The van der Waals surface area contributed by atoms with Crippen LogP contribution in [-0.2, 0) is 11.2 Å². The van der Waals surface area contributed by atoms with Gasteiger partial charge in [0.1, 0.15) is 0 Å². The number of hydrogen-bond donors (Lipinski definition) is 1. The fraction of sp³-hybridized carbons (Fsp3) is 0.667. The Labute approximate surface area is 110 Å². The van der Waals surface area contributed by atoms with Crippen LogP contribution in [0.1, 0.15) is 50.8 Å². The maximum absolute atomic E-state index is 6.31. The minimum absolute atomic E-state index is 0.0400. The number of fused-ring (bicyclic) bond motifs is 1. The van der Waals surface area contributed by atoms with Gasteiger partial charge in [-0.2, -0.15) is 0 Å². The molecule has 100 valence electrons. The molecule has 2 N–H and O–H groups in total. The average Bonchev–Trinajstić information content (AvgIpc) is 2.34. The average molecular weight is 248 g/mol. The number of pyridine rings is 1. The number of nitrogens with two attached hydrogens (primary N) is 1. The summed E-state index contributed by atoms with van der Waals surface area (Å²) in [7, 11) is 0. The number of rotatable bonds is 3. The minimum atomic E-state index is -0.126. The van der Waals surface area contributed by atoms with Crippen LogP contribution < -0.4 is 5.73 Å². The molecule has 0 fully saturated rings. The molecule has 1 aliphatic rings. The first-order chi connectivity index (χ1) is 8.47. The first-order valence-electron chi connectivity index (χ1n) is 6.81. The predicted octanol–water partition coefficient (Wildman–Crippen LogP) is 2.64. The molecule has 0 aliphatic heterocycles. The second-order valence-corrected chi connectivity index (χ2v) is 6.13. The number of nitrogens with zero attached hydrogens (tertiary/aromatic N) is 1. The largest absolute Gasteiger partial charge is 0.374 e. The summed E-state index contributed by atoms with van der Waals surface area (Å²) in [6, 6.07) is 4.22. The van der Waals surface area contributed by atoms with Gasteiger partial charge in [-0.3, -0.25) is 4.98 Å². The van der Waals surface area contributed by atoms with Crippen LogP contribution in [0.2, 0.25) is 0 Å². The number of hydrogen-bond acceptors (Lipinski definition) is 3. The van der Waals surface area contributed by atoms with Crippen molar-refractivity contribution in [1.29, 1.82) is 0 Å². The second-order valence-electron chi connectivity index (χ2n) is 6.13. The van der Waals surface area contributed by atoms with Gasteiger partial charge in [0.15, 0.2) is 0 Å². The van der Waals surface area contributed by atoms with Crippen LogP contribution in [0.15, 0.2) is 18.3 Å². The van der Waals surface area contributed by atoms with E-state index in [1.165, 1.54) is 17.7 Å². The Bertz CT molecular complexity index is 398. The van der Waals surface area contributed by atoms with Crippen molar-refractivity contribution < 1.29 is 4.74 Å². The molecule has 3 heteroatoms. The highest BCUT2D eigenvalue weighted by Gasteiger charge is 2.27. The molecule has 2 unspecified atom stereocenters. The van der Waals surface area contributed by atoms with Crippen LogP contribution >= 0.6 is 0 Å². The molecule has 1 heterocycles. The lowest BCUT2D eigenvalue weighted by molar-refractivity contribution is -0.0136. The molecule has 0 aromatic carbocycles. The van der Waals surface area contributed by atoms with Crippen LogP contribution in [0, 0.1) is 0 Å². The second kappa shape index (κ2) is 5.37. The summed E-state index contributed by atoms with van der Waals surface area (Å²) in [5.74, 6) is 0.345. The maximum atomic E-state index is 6.31. The van der Waals surface area contributed by atoms with Gasteiger partial charge in [-0.1, -0.05) is 6.07 Å². The molecule has 0 radical (unpaired) electrons. The van der Waals surface area contributed by atoms with Crippen molar-refractivity contribution in [1.82, 2.24) is 4.98 Å². The van der Waals surface area contributed by atoms with Gasteiger partial charge in [-0.15, -0.1) is 0 Å². The summed E-state index contributed by atoms with van der Waals surface area (Å²) in [5.41, 5.74) is 8.73. The molecule has 0 bridgehead atoms. The summed E-state index contributed by atoms with van der Waals surface area (Å²) >= 11 is 0. The molecule has 0 amide bonds. The standard InChI is InChI=1S/C15H24N2O/c1-15(2,3)18-10-13(16)12-8-4-6-11-7-5-9-17-14(11)12/h5,7,9,12-13H,4,6,8,10,16H2,1-3H3. The molecule has 1 aromatic heterocycles. The third kappa shape index (κ3) is 3.30. The summed E-state index contributed by atoms with van der Waals surface area (Å²) in [5, 5.41) is 0. The lowest BCUT2D eigenvalue weighted by Gasteiger charge is -2.31. The Balaban J connectivity index is 2.06. The third-order valence-electron chi connectivity index (χ3n) is 3.46. The first kappa shape index (κ1) is 13.5. The van der Waals surface area contributed by atoms with E-state index in [0.717, 1.165) is 12.8 Å². The Morgan fingerprint density at radius 1 is 1.50 bits per heavy atom. The van der Waals surface area contributed by atoms with E-state index in [4.69, 9.17) is 10.5 Å². The van der Waals surface area contributed by atoms with Gasteiger partial charge in [0, 0.05) is 23.9 Å². The normalized spacial score (nSPS) is 21.4. The molecule has 0 saturated heterocycles. The monoisotopic (exact) mass is 248 g/mol. The third-order valence-corrected chi connectivity index (χ3v) is 3.46. The van der Waals surface area contributed by atoms with E-state index in [9.17, 15) is 0 Å². The lowest BCUT2D eigenvalue weighted by atomic mass is 9.82. The van der Waals surface area contributed by atoms with Crippen LogP contribution in [0.4, 0.5) is 0 Å². The van der Waals surface area contributed by atoms with E-state index in [0.29, 0.717) is 12.5 Å². The van der Waals surface area contributed by atoms with Crippen molar-refractivity contribution in [3.8, 4) is 0 Å². The van der Waals surface area contributed by atoms with Crippen LogP contribution in [0.5, 0.6) is 0 Å². The Kier molecular flexibility index (Phi) is 4.03. The van der Waals surface area contributed by atoms with Crippen LogP contribution in [0.25, 0.3) is 0 Å². The number of aryl methyl sites for hydroxylation is 1. The van der Waals surface area contributed by atoms with Gasteiger partial charge in [-0.05, 0) is 51.7 Å². The van der Waals surface area contributed by atoms with Gasteiger partial charge >= 0.3 is 0 Å². The van der Waals surface area contributed by atoms with Crippen molar-refractivity contribution in [2.75, 3.05) is 6.61 Å². The van der Waals surface area contributed by atoms with E-state index in [1.807, 2.05) is 12.3 Å². The Morgan fingerprint density at radius 2 is 2.28 bits per heavy atom. The summed E-state index contributed by atoms with van der Waals surface area (Å²) < 4.78 is 5.81. The van der Waals surface area contributed by atoms with Crippen molar-refractivity contribution >= 4 is 0 Å². The van der Waals surface area contributed by atoms with Gasteiger partial charge in [0.05, 0.1) is 12.2 Å². The van der Waals surface area contributed by atoms with Gasteiger partial charge in [-0.25, -0.2) is 0 Å². The summed E-state index contributed by atoms with van der Waals surface area (Å²) in [6.07, 6.45) is 5.33. The lowest BCUT2D eigenvalue weighted by Crippen LogP contribution is -2.38. The van der Waals surface area contributed by atoms with Crippen LogP contribution in [-0.4, -0.2) is 23.2 Å². The van der Waals surface area contributed by atoms with Crippen molar-refractivity contribution in [3.63, 3.8) is 0 Å². The Hall–Kier alpha value is -0.930. The first-order valence-corrected chi connectivity index (χ1v) is 6.81. The fourth-order valence-corrected chi connectivity index (χ4v) is 2.52. The van der Waals surface area contributed by atoms with Crippen molar-refractivity contribution in [2.24, 2.45) is 5.73 Å². The highest BCUT2D eigenvalue weighted by atomic mass is 16.5. The zero-order valence-corrected chi connectivity index (χ0v) is 11.6. The van der Waals surface area contributed by atoms with Gasteiger partial charge < -0.3 is 10.5 Å². The molecule has 2 rings (SSSR count). The summed E-state index contributed by atoms with van der Waals surface area (Å²) in [4.78, 5) is 4.53. The smallest absolute Gasteiger partial charge is 0.0631 e. The van der Waals surface area contributed by atoms with E-state index < -0.39 is 0 Å². The molecular formula is C15H24N2O. The molecule has 0 spiro atoms. The van der Waals surface area contributed by atoms with Crippen molar-refractivity contribution in [3.05, 3.63) is 29.6 Å². The van der Waals surface area contributed by atoms with E-state index in [2.05, 4.69) is 31.8 Å². The predicted molar refractivity (Wildman–Crippen MR) is 73.6 cm³/mol. The van der Waals surface area contributed by atoms with Gasteiger partial charge in [0.2, 0.25) is 0 Å². The molecule has 1 aliphatic carbocycles. The zero-order chi connectivity index (χ0) is 13.2. The molecule has 0 saturated carbocycles. The number of aromatic nitrogens is 1. The molecule has 3 nitrogen and oxygen atoms in total. The molecule has 18 heavy (non-hydrogen) atoms. The minimum Gasteiger partial charge on any atom is -0.374 e. The number of ether oxygens (including phenoxy) is 1. The maximum Gasteiger partial charge on any atom is 0.0631 e. The van der Waals surface area contributed by atoms with E-state index in [1.54, 1.807) is 0 Å². The molecular weight excluding hydrogens is 224 g/mol. The van der Waals surface area contributed by atoms with E-state index in [-0.39, 0.29) is 11.6 Å². The highest BCUT2D eigenvalue weighted by molar-refractivity contribution is 5.27. The molecule has 1 aromatic rings. The topological polar surface area (TPSA) is 48.1 Å². The fourth-order valence-electron chi connectivity index (χ4n) is 2.52. The Morgan fingerprint density at radius 3 is 3.00 bits per heavy atom. The summed E-state index contributed by atoms with van der Waals surface area (Å²) in [6.45, 7) is 6.79. The van der Waals surface area contributed by atoms with Crippen LogP contribution in [0.3, 0.4) is 0 Å².